The van der Waals surface area contributed by atoms with Gasteiger partial charge in [-0.1, -0.05) is 44.2 Å². The van der Waals surface area contributed by atoms with Crippen molar-refractivity contribution < 1.29 is 32.3 Å². The van der Waals surface area contributed by atoms with Crippen molar-refractivity contribution in [3.8, 4) is 0 Å². The molecule has 0 saturated carbocycles. The number of methoxy groups -OCH3 is 1. The van der Waals surface area contributed by atoms with E-state index in [1.807, 2.05) is 0 Å². The molecular weight excluding hydrogens is 353 g/mol. The van der Waals surface area contributed by atoms with E-state index in [4.69, 9.17) is 0 Å². The van der Waals surface area contributed by atoms with E-state index >= 15 is 0 Å². The Morgan fingerprint density at radius 1 is 1.08 bits per heavy atom. The van der Waals surface area contributed by atoms with E-state index in [0.717, 1.165) is 12.7 Å². The number of rotatable bonds is 7. The lowest BCUT2D eigenvalue weighted by Gasteiger charge is -2.25. The van der Waals surface area contributed by atoms with Crippen molar-refractivity contribution in [2.45, 2.75) is 38.5 Å². The van der Waals surface area contributed by atoms with Crippen LogP contribution in [-0.2, 0) is 25.5 Å². The van der Waals surface area contributed by atoms with Crippen molar-refractivity contribution in [2.24, 2.45) is 5.92 Å². The largest absolute Gasteiger partial charge is 0.471 e. The summed E-state index contributed by atoms with van der Waals surface area (Å²) in [5.74, 6) is -4.49. The van der Waals surface area contributed by atoms with Crippen LogP contribution in [0.1, 0.15) is 19.4 Å². The highest BCUT2D eigenvalue weighted by Crippen LogP contribution is 2.16. The minimum atomic E-state index is -5.11. The van der Waals surface area contributed by atoms with Crippen LogP contribution >= 0.6 is 0 Å². The summed E-state index contributed by atoms with van der Waals surface area (Å²) >= 11 is 0. The lowest BCUT2D eigenvalue weighted by Crippen LogP contribution is -2.56. The Balaban J connectivity index is 2.91. The number of benzene rings is 1. The van der Waals surface area contributed by atoms with Crippen LogP contribution in [0.4, 0.5) is 13.2 Å². The normalized spacial score (nSPS) is 13.7. The van der Waals surface area contributed by atoms with E-state index in [1.54, 1.807) is 35.6 Å². The highest BCUT2D eigenvalue weighted by Gasteiger charge is 2.41. The molecule has 1 rings (SSSR count). The van der Waals surface area contributed by atoms with E-state index in [1.165, 1.54) is 13.8 Å². The van der Waals surface area contributed by atoms with Gasteiger partial charge in [-0.25, -0.2) is 4.79 Å². The Kier molecular flexibility index (Phi) is 7.60. The van der Waals surface area contributed by atoms with Gasteiger partial charge < -0.3 is 15.4 Å². The zero-order valence-corrected chi connectivity index (χ0v) is 14.6. The molecule has 2 atom stereocenters. The summed E-state index contributed by atoms with van der Waals surface area (Å²) in [7, 11) is 1.14. The summed E-state index contributed by atoms with van der Waals surface area (Å²) < 4.78 is 42.0. The van der Waals surface area contributed by atoms with Gasteiger partial charge >= 0.3 is 18.1 Å². The fraction of sp³-hybridized carbons (Fsp3) is 0.471. The fourth-order valence-electron chi connectivity index (χ4n) is 2.20. The SMILES string of the molecule is COC(=O)[C@H](Cc1ccccc1)NC(=O)[C@@H](NC(=O)C(F)(F)F)C(C)C. The number of ether oxygens (including phenoxy) is 1. The first-order valence-electron chi connectivity index (χ1n) is 7.86. The number of alkyl halides is 3. The summed E-state index contributed by atoms with van der Waals surface area (Å²) in [6, 6.07) is 6.17. The van der Waals surface area contributed by atoms with Gasteiger partial charge in [0.25, 0.3) is 0 Å². The second kappa shape index (κ2) is 9.21. The molecule has 0 saturated heterocycles. The Labute approximate surface area is 149 Å². The molecule has 6 nitrogen and oxygen atoms in total. The third-order valence-electron chi connectivity index (χ3n) is 3.58. The molecule has 0 spiro atoms. The standard InChI is InChI=1S/C17H21F3N2O4/c1-10(2)13(22-16(25)17(18,19)20)14(23)21-12(15(24)26-3)9-11-7-5-4-6-8-11/h4-8,10,12-13H,9H2,1-3H3,(H,21,23)(H,22,25)/t12-,13-/m0/s1. The summed E-state index contributed by atoms with van der Waals surface area (Å²) in [6.45, 7) is 2.95. The third-order valence-corrected chi connectivity index (χ3v) is 3.58. The van der Waals surface area contributed by atoms with Crippen molar-refractivity contribution in [1.82, 2.24) is 10.6 Å². The molecule has 2 N–H and O–H groups in total. The molecule has 0 fully saturated rings. The number of nitrogens with one attached hydrogen (secondary N) is 2. The van der Waals surface area contributed by atoms with E-state index < -0.39 is 42.0 Å². The zero-order chi connectivity index (χ0) is 19.9. The van der Waals surface area contributed by atoms with Crippen LogP contribution in [0, 0.1) is 5.92 Å². The van der Waals surface area contributed by atoms with Gasteiger partial charge in [0.15, 0.2) is 0 Å². The third kappa shape index (κ3) is 6.38. The minimum absolute atomic E-state index is 0.0945. The predicted molar refractivity (Wildman–Crippen MR) is 86.9 cm³/mol. The first kappa shape index (κ1) is 21.5. The van der Waals surface area contributed by atoms with Crippen molar-refractivity contribution >= 4 is 17.8 Å². The minimum Gasteiger partial charge on any atom is -0.467 e. The van der Waals surface area contributed by atoms with Crippen molar-refractivity contribution in [3.63, 3.8) is 0 Å². The molecular formula is C17H21F3N2O4. The molecule has 9 heteroatoms. The summed E-state index contributed by atoms with van der Waals surface area (Å²) in [6.07, 6.45) is -5.02. The maximum Gasteiger partial charge on any atom is 0.471 e. The first-order chi connectivity index (χ1) is 12.1. The number of esters is 1. The van der Waals surface area contributed by atoms with Gasteiger partial charge in [-0.3, -0.25) is 9.59 Å². The Bertz CT molecular complexity index is 633. The molecule has 1 aromatic rings. The van der Waals surface area contributed by atoms with Crippen LogP contribution in [0.25, 0.3) is 0 Å². The molecule has 0 bridgehead atoms. The number of carbonyl (C=O) groups excluding carboxylic acids is 3. The van der Waals surface area contributed by atoms with Gasteiger partial charge in [0.1, 0.15) is 12.1 Å². The van der Waals surface area contributed by atoms with Gasteiger partial charge in [0, 0.05) is 6.42 Å². The Hall–Kier alpha value is -2.58. The van der Waals surface area contributed by atoms with Gasteiger partial charge in [-0.15, -0.1) is 0 Å². The summed E-state index contributed by atoms with van der Waals surface area (Å²) in [4.78, 5) is 35.4. The van der Waals surface area contributed by atoms with Gasteiger partial charge in [-0.2, -0.15) is 13.2 Å². The van der Waals surface area contributed by atoms with Crippen LogP contribution < -0.4 is 10.6 Å². The molecule has 0 radical (unpaired) electrons. The average Bonchev–Trinajstić information content (AvgIpc) is 2.57. The first-order valence-corrected chi connectivity index (χ1v) is 7.86. The van der Waals surface area contributed by atoms with Gasteiger partial charge in [0.05, 0.1) is 7.11 Å². The van der Waals surface area contributed by atoms with E-state index in [-0.39, 0.29) is 6.42 Å². The number of amides is 2. The number of carbonyl (C=O) groups is 3. The van der Waals surface area contributed by atoms with Crippen LogP contribution in [0.2, 0.25) is 0 Å². The summed E-state index contributed by atoms with van der Waals surface area (Å²) in [5, 5.41) is 4.01. The van der Waals surface area contributed by atoms with Crippen LogP contribution in [0.5, 0.6) is 0 Å². The molecule has 2 amide bonds. The molecule has 26 heavy (non-hydrogen) atoms. The van der Waals surface area contributed by atoms with Crippen molar-refractivity contribution in [1.29, 1.82) is 0 Å². The van der Waals surface area contributed by atoms with Gasteiger partial charge in [-0.05, 0) is 11.5 Å². The van der Waals surface area contributed by atoms with Crippen LogP contribution in [0.15, 0.2) is 30.3 Å². The highest BCUT2D eigenvalue weighted by atomic mass is 19.4. The molecule has 0 aliphatic heterocycles. The van der Waals surface area contributed by atoms with Crippen LogP contribution in [-0.4, -0.2) is 43.2 Å². The van der Waals surface area contributed by atoms with Crippen molar-refractivity contribution in [2.75, 3.05) is 7.11 Å². The molecule has 0 aliphatic rings. The summed E-state index contributed by atoms with van der Waals surface area (Å²) in [5.41, 5.74) is 0.726. The second-order valence-corrected chi connectivity index (χ2v) is 5.97. The maximum absolute atomic E-state index is 12.5. The van der Waals surface area contributed by atoms with E-state index in [0.29, 0.717) is 0 Å². The van der Waals surface area contributed by atoms with E-state index in [9.17, 15) is 27.6 Å². The maximum atomic E-state index is 12.5. The van der Waals surface area contributed by atoms with Crippen molar-refractivity contribution in [3.05, 3.63) is 35.9 Å². The number of halogens is 3. The molecule has 0 aliphatic carbocycles. The Morgan fingerprint density at radius 3 is 2.12 bits per heavy atom. The quantitative estimate of drug-likeness (QED) is 0.710. The van der Waals surface area contributed by atoms with E-state index in [2.05, 4.69) is 10.1 Å². The molecule has 0 unspecified atom stereocenters. The number of hydrogen-bond acceptors (Lipinski definition) is 4. The molecule has 144 valence electrons. The second-order valence-electron chi connectivity index (χ2n) is 5.97. The topological polar surface area (TPSA) is 84.5 Å². The van der Waals surface area contributed by atoms with Crippen LogP contribution in [0.3, 0.4) is 0 Å². The number of hydrogen-bond donors (Lipinski definition) is 2. The molecule has 0 heterocycles. The highest BCUT2D eigenvalue weighted by molar-refractivity contribution is 5.92. The lowest BCUT2D eigenvalue weighted by atomic mass is 10.0. The molecule has 0 aromatic heterocycles. The predicted octanol–water partition coefficient (Wildman–Crippen LogP) is 1.59. The average molecular weight is 374 g/mol. The van der Waals surface area contributed by atoms with Gasteiger partial charge in [0.2, 0.25) is 5.91 Å². The smallest absolute Gasteiger partial charge is 0.467 e. The zero-order valence-electron chi connectivity index (χ0n) is 14.6. The lowest BCUT2D eigenvalue weighted by molar-refractivity contribution is -0.175. The Morgan fingerprint density at radius 2 is 1.65 bits per heavy atom. The fourth-order valence-corrected chi connectivity index (χ4v) is 2.20. The monoisotopic (exact) mass is 374 g/mol. The molecule has 1 aromatic carbocycles.